The molecule has 2 aromatic carbocycles. The van der Waals surface area contributed by atoms with Gasteiger partial charge in [-0.05, 0) is 37.1 Å². The van der Waals surface area contributed by atoms with Crippen LogP contribution in [0.1, 0.15) is 31.0 Å². The van der Waals surface area contributed by atoms with Crippen LogP contribution in [0.25, 0.3) is 0 Å². The predicted octanol–water partition coefficient (Wildman–Crippen LogP) is 2.03. The third-order valence-corrected chi connectivity index (χ3v) is 5.89. The summed E-state index contributed by atoms with van der Waals surface area (Å²) in [4.78, 5) is 53.7. The van der Waals surface area contributed by atoms with Crippen molar-refractivity contribution in [2.24, 2.45) is 0 Å². The first-order chi connectivity index (χ1) is 18.3. The van der Waals surface area contributed by atoms with Crippen molar-refractivity contribution in [1.29, 1.82) is 0 Å². The van der Waals surface area contributed by atoms with Crippen LogP contribution in [-0.2, 0) is 30.5 Å². The molecule has 2 aromatic rings. The van der Waals surface area contributed by atoms with Crippen molar-refractivity contribution in [3.05, 3.63) is 70.7 Å². The highest BCUT2D eigenvalue weighted by Crippen LogP contribution is 2.16. The molecule has 1 aliphatic heterocycles. The van der Waals surface area contributed by atoms with E-state index in [4.69, 9.17) is 51.2 Å². The molecule has 0 saturated carbocycles. The van der Waals surface area contributed by atoms with Gasteiger partial charge in [0.2, 0.25) is 5.91 Å². The first kappa shape index (κ1) is 33.0. The van der Waals surface area contributed by atoms with E-state index in [2.05, 4.69) is 21.2 Å². The van der Waals surface area contributed by atoms with Crippen molar-refractivity contribution < 1.29 is 44.4 Å². The zero-order valence-corrected chi connectivity index (χ0v) is 22.2. The Bertz CT molecular complexity index is 1070. The third kappa shape index (κ3) is 12.9. The molecule has 1 aliphatic rings. The van der Waals surface area contributed by atoms with Crippen molar-refractivity contribution in [1.82, 2.24) is 15.1 Å². The lowest BCUT2D eigenvalue weighted by Gasteiger charge is -2.37. The molecule has 2 unspecified atom stereocenters. The Morgan fingerprint density at radius 2 is 1.31 bits per heavy atom. The van der Waals surface area contributed by atoms with Crippen molar-refractivity contribution in [2.75, 3.05) is 26.2 Å². The number of nitrogens with zero attached hydrogens (tertiary/aromatic N) is 2. The van der Waals surface area contributed by atoms with Crippen molar-refractivity contribution in [2.45, 2.75) is 32.5 Å². The minimum atomic E-state index is -1.82. The molecule has 1 heterocycles. The predicted molar refractivity (Wildman–Crippen MR) is 141 cm³/mol. The zero-order chi connectivity index (χ0) is 29.5. The molecular formula is C26H32ClN3O9. The number of nitrogens with one attached hydrogen (secondary N) is 1. The van der Waals surface area contributed by atoms with Crippen LogP contribution in [0.4, 0.5) is 0 Å². The smallest absolute Gasteiger partial charge is 0.414 e. The number of carboxylic acid groups (broad SMARTS) is 4. The minimum Gasteiger partial charge on any atom is -0.473 e. The number of hydrogen-bond acceptors (Lipinski definition) is 7. The monoisotopic (exact) mass is 565 g/mol. The molecule has 13 heteroatoms. The van der Waals surface area contributed by atoms with Gasteiger partial charge in [-0.2, -0.15) is 0 Å². The Morgan fingerprint density at radius 3 is 1.77 bits per heavy atom. The highest BCUT2D eigenvalue weighted by atomic mass is 35.5. The van der Waals surface area contributed by atoms with E-state index in [9.17, 15) is 4.79 Å². The summed E-state index contributed by atoms with van der Waals surface area (Å²) in [5, 5.41) is 33.5. The molecule has 0 radical (unpaired) electrons. The van der Waals surface area contributed by atoms with Crippen LogP contribution in [0.2, 0.25) is 5.02 Å². The average molecular weight is 566 g/mol. The standard InChI is InChI=1S/C22H28ClN3O.2C2H2O4/c1-17(20-8-4-3-5-9-20)24-22(27)18(2)26-13-11-25(12-14-26)16-19-7-6-10-21(23)15-19;2*3-1(4)2(5)6/h3-10,15,17-18H,11-14,16H2,1-2H3,(H,24,27);2*(H,3,4)(H,5,6). The van der Waals surface area contributed by atoms with E-state index in [1.165, 1.54) is 5.56 Å². The summed E-state index contributed by atoms with van der Waals surface area (Å²) < 4.78 is 0. The minimum absolute atomic E-state index is 0.0188. The number of carboxylic acids is 4. The Labute approximate surface area is 230 Å². The molecule has 3 rings (SSSR count). The van der Waals surface area contributed by atoms with E-state index in [0.29, 0.717) is 0 Å². The fourth-order valence-corrected chi connectivity index (χ4v) is 3.74. The third-order valence-electron chi connectivity index (χ3n) is 5.65. The summed E-state index contributed by atoms with van der Waals surface area (Å²) >= 11 is 6.08. The molecule has 39 heavy (non-hydrogen) atoms. The first-order valence-corrected chi connectivity index (χ1v) is 12.2. The van der Waals surface area contributed by atoms with Crippen molar-refractivity contribution >= 4 is 41.4 Å². The molecule has 0 bridgehead atoms. The quantitative estimate of drug-likeness (QED) is 0.323. The lowest BCUT2D eigenvalue weighted by atomic mass is 10.1. The summed E-state index contributed by atoms with van der Waals surface area (Å²) in [5.41, 5.74) is 2.36. The molecule has 1 amide bonds. The Kier molecular flexibility index (Phi) is 14.2. The first-order valence-electron chi connectivity index (χ1n) is 11.8. The van der Waals surface area contributed by atoms with Gasteiger partial charge in [0.1, 0.15) is 0 Å². The maximum atomic E-state index is 12.7. The molecule has 1 fully saturated rings. The highest BCUT2D eigenvalue weighted by Gasteiger charge is 2.26. The van der Waals surface area contributed by atoms with Crippen LogP contribution in [0.3, 0.4) is 0 Å². The van der Waals surface area contributed by atoms with Gasteiger partial charge in [0.25, 0.3) is 0 Å². The van der Waals surface area contributed by atoms with Crippen LogP contribution in [0.15, 0.2) is 54.6 Å². The van der Waals surface area contributed by atoms with Crippen LogP contribution in [-0.4, -0.2) is 92.2 Å². The number of halogens is 1. The summed E-state index contributed by atoms with van der Waals surface area (Å²) in [6.07, 6.45) is 0. The molecule has 1 saturated heterocycles. The van der Waals surface area contributed by atoms with Crippen LogP contribution in [0, 0.1) is 0 Å². The summed E-state index contributed by atoms with van der Waals surface area (Å²) in [6.45, 7) is 8.64. The topological polar surface area (TPSA) is 185 Å². The Hall–Kier alpha value is -4.00. The molecule has 0 spiro atoms. The van der Waals surface area contributed by atoms with Crippen LogP contribution < -0.4 is 5.32 Å². The largest absolute Gasteiger partial charge is 0.473 e. The zero-order valence-electron chi connectivity index (χ0n) is 21.5. The normalized spacial score (nSPS) is 14.7. The number of benzene rings is 2. The number of carbonyl (C=O) groups excluding carboxylic acids is 1. The molecule has 2 atom stereocenters. The summed E-state index contributed by atoms with van der Waals surface area (Å²) in [6, 6.07) is 18.0. The highest BCUT2D eigenvalue weighted by molar-refractivity contribution is 6.30. The number of amides is 1. The lowest BCUT2D eigenvalue weighted by Crippen LogP contribution is -2.53. The number of aliphatic carboxylic acids is 4. The van der Waals surface area contributed by atoms with Gasteiger partial charge < -0.3 is 25.7 Å². The van der Waals surface area contributed by atoms with E-state index < -0.39 is 23.9 Å². The lowest BCUT2D eigenvalue weighted by molar-refractivity contribution is -0.159. The van der Waals surface area contributed by atoms with Crippen molar-refractivity contribution in [3.63, 3.8) is 0 Å². The Balaban J connectivity index is 0.000000530. The molecular weight excluding hydrogens is 534 g/mol. The maximum Gasteiger partial charge on any atom is 0.414 e. The van der Waals surface area contributed by atoms with Gasteiger partial charge >= 0.3 is 23.9 Å². The molecule has 5 N–H and O–H groups in total. The van der Waals surface area contributed by atoms with E-state index in [1.807, 2.05) is 62.4 Å². The van der Waals surface area contributed by atoms with Crippen LogP contribution in [0.5, 0.6) is 0 Å². The average Bonchev–Trinajstić information content (AvgIpc) is 2.89. The molecule has 0 aromatic heterocycles. The molecule has 12 nitrogen and oxygen atoms in total. The second-order valence-electron chi connectivity index (χ2n) is 8.48. The molecule has 0 aliphatic carbocycles. The van der Waals surface area contributed by atoms with Gasteiger partial charge in [0.15, 0.2) is 0 Å². The van der Waals surface area contributed by atoms with E-state index in [0.717, 1.165) is 43.3 Å². The van der Waals surface area contributed by atoms with Gasteiger partial charge in [0, 0.05) is 37.7 Å². The van der Waals surface area contributed by atoms with E-state index >= 15 is 0 Å². The second kappa shape index (κ2) is 16.8. The fourth-order valence-electron chi connectivity index (χ4n) is 3.53. The number of carbonyl (C=O) groups is 5. The number of hydrogen-bond donors (Lipinski definition) is 5. The summed E-state index contributed by atoms with van der Waals surface area (Å²) in [5.74, 6) is -7.20. The summed E-state index contributed by atoms with van der Waals surface area (Å²) in [7, 11) is 0. The fraction of sp³-hybridized carbons (Fsp3) is 0.346. The van der Waals surface area contributed by atoms with Gasteiger partial charge in [-0.1, -0.05) is 54.1 Å². The second-order valence-corrected chi connectivity index (χ2v) is 8.92. The van der Waals surface area contributed by atoms with Gasteiger partial charge in [0.05, 0.1) is 12.1 Å². The van der Waals surface area contributed by atoms with Gasteiger partial charge in [-0.15, -0.1) is 0 Å². The van der Waals surface area contributed by atoms with Gasteiger partial charge in [-0.25, -0.2) is 19.2 Å². The van der Waals surface area contributed by atoms with Crippen LogP contribution >= 0.6 is 11.6 Å². The Morgan fingerprint density at radius 1 is 0.795 bits per heavy atom. The molecule has 212 valence electrons. The number of rotatable bonds is 6. The van der Waals surface area contributed by atoms with Gasteiger partial charge in [-0.3, -0.25) is 14.6 Å². The maximum absolute atomic E-state index is 12.7. The number of piperazine rings is 1. The SMILES string of the molecule is CC(NC(=O)C(C)N1CCN(Cc2cccc(Cl)c2)CC1)c1ccccc1.O=C(O)C(=O)O.O=C(O)C(=O)O. The van der Waals surface area contributed by atoms with Crippen molar-refractivity contribution in [3.8, 4) is 0 Å². The van der Waals surface area contributed by atoms with E-state index in [1.54, 1.807) is 0 Å². The van der Waals surface area contributed by atoms with E-state index in [-0.39, 0.29) is 18.0 Å².